The molecule has 0 atom stereocenters. The van der Waals surface area contributed by atoms with E-state index in [1.807, 2.05) is 11.9 Å². The van der Waals surface area contributed by atoms with Gasteiger partial charge in [-0.3, -0.25) is 0 Å². The van der Waals surface area contributed by atoms with Gasteiger partial charge in [-0.05, 0) is 24.7 Å². The van der Waals surface area contributed by atoms with Crippen molar-refractivity contribution in [3.05, 3.63) is 29.3 Å². The van der Waals surface area contributed by atoms with E-state index in [4.69, 9.17) is 5.73 Å². The van der Waals surface area contributed by atoms with Crippen LogP contribution in [0.25, 0.3) is 0 Å². The number of hydrogen-bond donors (Lipinski definition) is 1. The van der Waals surface area contributed by atoms with Gasteiger partial charge in [-0.2, -0.15) is 4.31 Å². The van der Waals surface area contributed by atoms with Crippen molar-refractivity contribution in [2.45, 2.75) is 11.4 Å². The molecule has 0 radical (unpaired) electrons. The number of rotatable bonds is 3. The standard InChI is InChI=1S/C12H17F2N3O2S/c1-16-2-4-17(5-3-16)20(18,19)11-7-9(8-15)6-10(13)12(11)14/h6-7H,2-5,8,15H2,1H3. The van der Waals surface area contributed by atoms with Crippen LogP contribution in [-0.2, 0) is 16.6 Å². The van der Waals surface area contributed by atoms with Crippen molar-refractivity contribution in [2.24, 2.45) is 5.73 Å². The minimum absolute atomic E-state index is 0.0531. The molecule has 1 fully saturated rings. The summed E-state index contributed by atoms with van der Waals surface area (Å²) in [5, 5.41) is 0. The minimum Gasteiger partial charge on any atom is -0.326 e. The lowest BCUT2D eigenvalue weighted by atomic mass is 10.2. The van der Waals surface area contributed by atoms with Crippen LogP contribution in [-0.4, -0.2) is 50.8 Å². The zero-order valence-corrected chi connectivity index (χ0v) is 12.0. The van der Waals surface area contributed by atoms with Crippen LogP contribution in [0.5, 0.6) is 0 Å². The van der Waals surface area contributed by atoms with Crippen LogP contribution in [0.4, 0.5) is 8.78 Å². The Bertz CT molecular complexity index is 599. The van der Waals surface area contributed by atoms with E-state index >= 15 is 0 Å². The third-order valence-corrected chi connectivity index (χ3v) is 5.27. The van der Waals surface area contributed by atoms with Gasteiger partial charge in [0, 0.05) is 32.7 Å². The maximum atomic E-state index is 13.8. The Kier molecular flexibility index (Phi) is 4.38. The molecule has 1 saturated heterocycles. The fourth-order valence-corrected chi connectivity index (χ4v) is 3.64. The smallest absolute Gasteiger partial charge is 0.246 e. The quantitative estimate of drug-likeness (QED) is 0.875. The Morgan fingerprint density at radius 2 is 1.80 bits per heavy atom. The van der Waals surface area contributed by atoms with Crippen molar-refractivity contribution in [1.82, 2.24) is 9.21 Å². The van der Waals surface area contributed by atoms with Crippen LogP contribution in [0.15, 0.2) is 17.0 Å². The van der Waals surface area contributed by atoms with Crippen molar-refractivity contribution in [2.75, 3.05) is 33.2 Å². The molecule has 1 heterocycles. The zero-order chi connectivity index (χ0) is 14.9. The first-order valence-corrected chi connectivity index (χ1v) is 7.67. The number of likely N-dealkylation sites (N-methyl/N-ethyl adjacent to an activating group) is 1. The van der Waals surface area contributed by atoms with Gasteiger partial charge < -0.3 is 10.6 Å². The summed E-state index contributed by atoms with van der Waals surface area (Å²) >= 11 is 0. The van der Waals surface area contributed by atoms with Crippen LogP contribution in [0.3, 0.4) is 0 Å². The van der Waals surface area contributed by atoms with Gasteiger partial charge in [0.05, 0.1) is 0 Å². The summed E-state index contributed by atoms with van der Waals surface area (Å²) < 4.78 is 53.2. The molecule has 1 aliphatic heterocycles. The highest BCUT2D eigenvalue weighted by Gasteiger charge is 2.31. The second kappa shape index (κ2) is 5.72. The van der Waals surface area contributed by atoms with E-state index in [0.717, 1.165) is 12.1 Å². The third kappa shape index (κ3) is 2.83. The Morgan fingerprint density at radius 3 is 2.35 bits per heavy atom. The lowest BCUT2D eigenvalue weighted by Crippen LogP contribution is -2.47. The maximum absolute atomic E-state index is 13.8. The molecule has 1 aromatic rings. The van der Waals surface area contributed by atoms with Crippen LogP contribution < -0.4 is 5.73 Å². The van der Waals surface area contributed by atoms with E-state index in [-0.39, 0.29) is 25.2 Å². The number of benzene rings is 1. The maximum Gasteiger partial charge on any atom is 0.246 e. The fraction of sp³-hybridized carbons (Fsp3) is 0.500. The molecule has 112 valence electrons. The molecule has 20 heavy (non-hydrogen) atoms. The average Bonchev–Trinajstić information content (AvgIpc) is 2.42. The van der Waals surface area contributed by atoms with E-state index in [1.54, 1.807) is 0 Å². The third-order valence-electron chi connectivity index (χ3n) is 3.37. The largest absolute Gasteiger partial charge is 0.326 e. The zero-order valence-electron chi connectivity index (χ0n) is 11.1. The summed E-state index contributed by atoms with van der Waals surface area (Å²) in [5.41, 5.74) is 5.62. The fourth-order valence-electron chi connectivity index (χ4n) is 2.09. The summed E-state index contributed by atoms with van der Waals surface area (Å²) in [6.45, 7) is 1.57. The second-order valence-electron chi connectivity index (χ2n) is 4.80. The van der Waals surface area contributed by atoms with E-state index in [2.05, 4.69) is 0 Å². The predicted octanol–water partition coefficient (Wildman–Crippen LogP) is 0.360. The Hall–Kier alpha value is -1.09. The van der Waals surface area contributed by atoms with Crippen LogP contribution in [0, 0.1) is 11.6 Å². The second-order valence-corrected chi connectivity index (χ2v) is 6.71. The van der Waals surface area contributed by atoms with Crippen molar-refractivity contribution >= 4 is 10.0 Å². The monoisotopic (exact) mass is 305 g/mol. The Morgan fingerprint density at radius 1 is 1.20 bits per heavy atom. The summed E-state index contributed by atoms with van der Waals surface area (Å²) in [6.07, 6.45) is 0. The molecule has 8 heteroatoms. The molecular formula is C12H17F2N3O2S. The van der Waals surface area contributed by atoms with Gasteiger partial charge in [0.2, 0.25) is 10.0 Å². The first-order chi connectivity index (χ1) is 9.36. The summed E-state index contributed by atoms with van der Waals surface area (Å²) in [4.78, 5) is 1.33. The first kappa shape index (κ1) is 15.3. The number of nitrogens with zero attached hydrogens (tertiary/aromatic N) is 2. The Labute approximate surface area is 117 Å². The molecule has 1 aromatic carbocycles. The lowest BCUT2D eigenvalue weighted by molar-refractivity contribution is 0.222. The van der Waals surface area contributed by atoms with Crippen molar-refractivity contribution in [1.29, 1.82) is 0 Å². The highest BCUT2D eigenvalue weighted by molar-refractivity contribution is 7.89. The van der Waals surface area contributed by atoms with Crippen molar-refractivity contribution in [3.63, 3.8) is 0 Å². The molecule has 1 aliphatic rings. The topological polar surface area (TPSA) is 66.6 Å². The van der Waals surface area contributed by atoms with Crippen LogP contribution in [0.2, 0.25) is 0 Å². The summed E-state index contributed by atoms with van der Waals surface area (Å²) in [6, 6.07) is 2.02. The summed E-state index contributed by atoms with van der Waals surface area (Å²) in [7, 11) is -2.16. The van der Waals surface area contributed by atoms with E-state index in [0.29, 0.717) is 13.1 Å². The van der Waals surface area contributed by atoms with Gasteiger partial charge in [0.25, 0.3) is 0 Å². The molecule has 0 aromatic heterocycles. The molecular weight excluding hydrogens is 288 g/mol. The lowest BCUT2D eigenvalue weighted by Gasteiger charge is -2.31. The molecule has 0 unspecified atom stereocenters. The summed E-state index contributed by atoms with van der Waals surface area (Å²) in [5.74, 6) is -2.54. The van der Waals surface area contributed by atoms with Gasteiger partial charge in [-0.1, -0.05) is 0 Å². The number of hydrogen-bond acceptors (Lipinski definition) is 4. The number of nitrogens with two attached hydrogens (primary N) is 1. The van der Waals surface area contributed by atoms with Crippen LogP contribution >= 0.6 is 0 Å². The van der Waals surface area contributed by atoms with Crippen LogP contribution in [0.1, 0.15) is 5.56 Å². The number of sulfonamides is 1. The number of halogens is 2. The average molecular weight is 305 g/mol. The van der Waals surface area contributed by atoms with Gasteiger partial charge in [0.1, 0.15) is 4.90 Å². The van der Waals surface area contributed by atoms with Gasteiger partial charge in [-0.15, -0.1) is 0 Å². The molecule has 0 spiro atoms. The first-order valence-electron chi connectivity index (χ1n) is 6.23. The van der Waals surface area contributed by atoms with Crippen molar-refractivity contribution < 1.29 is 17.2 Å². The molecule has 0 amide bonds. The minimum atomic E-state index is -4.04. The normalized spacial score (nSPS) is 18.4. The Balaban J connectivity index is 2.41. The van der Waals surface area contributed by atoms with E-state index in [9.17, 15) is 17.2 Å². The van der Waals surface area contributed by atoms with E-state index in [1.165, 1.54) is 4.31 Å². The molecule has 0 bridgehead atoms. The molecule has 5 nitrogen and oxygen atoms in total. The molecule has 2 rings (SSSR count). The number of piperazine rings is 1. The van der Waals surface area contributed by atoms with E-state index < -0.39 is 26.6 Å². The SMILES string of the molecule is CN1CCN(S(=O)(=O)c2cc(CN)cc(F)c2F)CC1. The van der Waals surface area contributed by atoms with Gasteiger partial charge >= 0.3 is 0 Å². The molecule has 2 N–H and O–H groups in total. The highest BCUT2D eigenvalue weighted by Crippen LogP contribution is 2.24. The van der Waals surface area contributed by atoms with Gasteiger partial charge in [-0.25, -0.2) is 17.2 Å². The van der Waals surface area contributed by atoms with Gasteiger partial charge in [0.15, 0.2) is 11.6 Å². The molecule has 0 aliphatic carbocycles. The predicted molar refractivity (Wildman–Crippen MR) is 70.5 cm³/mol. The molecule has 0 saturated carbocycles. The van der Waals surface area contributed by atoms with Crippen molar-refractivity contribution in [3.8, 4) is 0 Å². The highest BCUT2D eigenvalue weighted by atomic mass is 32.2.